The molecule has 0 saturated carbocycles. The van der Waals surface area contributed by atoms with Gasteiger partial charge in [0.2, 0.25) is 11.8 Å². The zero-order valence-corrected chi connectivity index (χ0v) is 27.8. The SMILES string of the molecule is CCCCCCCCCCCCCCCCNC(=O)CCCC(=O)Nc1ccc(C(=O)N[C@@H](CCSC)C(=O)OC)cc1. The zero-order chi connectivity index (χ0) is 31.5. The van der Waals surface area contributed by atoms with Crippen LogP contribution in [0.15, 0.2) is 24.3 Å². The van der Waals surface area contributed by atoms with Crippen LogP contribution in [0.1, 0.15) is 133 Å². The minimum atomic E-state index is -0.708. The lowest BCUT2D eigenvalue weighted by Crippen LogP contribution is -2.41. The number of methoxy groups -OCH3 is 1. The summed E-state index contributed by atoms with van der Waals surface area (Å²) in [6, 6.07) is 5.77. The third-order valence-corrected chi connectivity index (χ3v) is 8.14. The van der Waals surface area contributed by atoms with Crippen molar-refractivity contribution in [3.8, 4) is 0 Å². The lowest BCUT2D eigenvalue weighted by atomic mass is 10.0. The second-order valence-corrected chi connectivity index (χ2v) is 12.2. The van der Waals surface area contributed by atoms with Crippen LogP contribution in [0.25, 0.3) is 0 Å². The average molecular weight is 620 g/mol. The van der Waals surface area contributed by atoms with Crippen LogP contribution in [0.5, 0.6) is 0 Å². The molecule has 0 aliphatic carbocycles. The van der Waals surface area contributed by atoms with Gasteiger partial charge in [-0.15, -0.1) is 0 Å². The Balaban J connectivity index is 2.10. The summed E-state index contributed by atoms with van der Waals surface area (Å²) in [5.74, 6) is -0.337. The Kier molecular flexibility index (Phi) is 23.2. The molecule has 0 fully saturated rings. The van der Waals surface area contributed by atoms with Gasteiger partial charge in [-0.3, -0.25) is 14.4 Å². The summed E-state index contributed by atoms with van der Waals surface area (Å²) in [4.78, 5) is 48.9. The molecule has 0 radical (unpaired) electrons. The number of hydrogen-bond acceptors (Lipinski definition) is 6. The van der Waals surface area contributed by atoms with Crippen molar-refractivity contribution in [2.45, 2.75) is 129 Å². The van der Waals surface area contributed by atoms with Crippen LogP contribution < -0.4 is 16.0 Å². The van der Waals surface area contributed by atoms with E-state index in [9.17, 15) is 19.2 Å². The number of carbonyl (C=O) groups is 4. The van der Waals surface area contributed by atoms with Crippen LogP contribution in [0.4, 0.5) is 5.69 Å². The number of unbranched alkanes of at least 4 members (excludes halogenated alkanes) is 13. The van der Waals surface area contributed by atoms with E-state index in [4.69, 9.17) is 4.74 Å². The van der Waals surface area contributed by atoms with Gasteiger partial charge in [-0.05, 0) is 55.5 Å². The molecule has 0 aromatic heterocycles. The maximum atomic E-state index is 12.5. The Bertz CT molecular complexity index is 910. The predicted octanol–water partition coefficient (Wildman–Crippen LogP) is 7.42. The summed E-state index contributed by atoms with van der Waals surface area (Å²) < 4.78 is 4.78. The minimum Gasteiger partial charge on any atom is -0.467 e. The van der Waals surface area contributed by atoms with Gasteiger partial charge in [-0.2, -0.15) is 11.8 Å². The van der Waals surface area contributed by atoms with E-state index in [1.807, 2.05) is 6.26 Å². The van der Waals surface area contributed by atoms with Crippen molar-refractivity contribution >= 4 is 41.1 Å². The quantitative estimate of drug-likeness (QED) is 0.0735. The third kappa shape index (κ3) is 20.1. The maximum absolute atomic E-state index is 12.5. The van der Waals surface area contributed by atoms with Gasteiger partial charge in [0.05, 0.1) is 7.11 Å². The highest BCUT2D eigenvalue weighted by atomic mass is 32.2. The lowest BCUT2D eigenvalue weighted by Gasteiger charge is -2.16. The Morgan fingerprint density at radius 2 is 1.28 bits per heavy atom. The average Bonchev–Trinajstić information content (AvgIpc) is 3.01. The molecule has 1 aromatic rings. The van der Waals surface area contributed by atoms with Gasteiger partial charge in [-0.25, -0.2) is 4.79 Å². The second-order valence-electron chi connectivity index (χ2n) is 11.3. The van der Waals surface area contributed by atoms with Gasteiger partial charge in [0.25, 0.3) is 5.91 Å². The van der Waals surface area contributed by atoms with E-state index in [-0.39, 0.29) is 24.1 Å². The van der Waals surface area contributed by atoms with E-state index in [0.717, 1.165) is 12.8 Å². The first-order valence-electron chi connectivity index (χ1n) is 16.5. The van der Waals surface area contributed by atoms with E-state index < -0.39 is 12.0 Å². The van der Waals surface area contributed by atoms with Gasteiger partial charge < -0.3 is 20.7 Å². The number of amides is 3. The second kappa shape index (κ2) is 25.9. The zero-order valence-electron chi connectivity index (χ0n) is 27.0. The van der Waals surface area contributed by atoms with Crippen LogP contribution in [0, 0.1) is 0 Å². The molecule has 0 heterocycles. The van der Waals surface area contributed by atoms with Crippen molar-refractivity contribution < 1.29 is 23.9 Å². The number of benzene rings is 1. The molecule has 0 saturated heterocycles. The first kappa shape index (κ1) is 38.5. The van der Waals surface area contributed by atoms with Gasteiger partial charge in [0, 0.05) is 30.6 Å². The number of thioether (sulfide) groups is 1. The fraction of sp³-hybridized carbons (Fsp3) is 0.706. The molecular weight excluding hydrogens is 562 g/mol. The number of hydrogen-bond donors (Lipinski definition) is 3. The smallest absolute Gasteiger partial charge is 0.328 e. The van der Waals surface area contributed by atoms with Crippen LogP contribution in [-0.4, -0.2) is 55.4 Å². The summed E-state index contributed by atoms with van der Waals surface area (Å²) in [6.07, 6.45) is 21.8. The molecule has 1 atom stereocenters. The Morgan fingerprint density at radius 1 is 0.744 bits per heavy atom. The third-order valence-electron chi connectivity index (χ3n) is 7.49. The van der Waals surface area contributed by atoms with Crippen LogP contribution in [0.3, 0.4) is 0 Å². The van der Waals surface area contributed by atoms with Crippen molar-refractivity contribution in [2.75, 3.05) is 31.0 Å². The van der Waals surface area contributed by atoms with Gasteiger partial charge >= 0.3 is 5.97 Å². The standard InChI is InChI=1S/C34H57N3O5S/c1-4-5-6-7-8-9-10-11-12-13-14-15-16-17-26-35-31(38)19-18-20-32(39)36-29-23-21-28(22-24-29)33(40)37-30(25-27-43-3)34(41)42-2/h21-24,30H,4-20,25-27H2,1-3H3,(H,35,38)(H,36,39)(H,37,40)/t30-/m0/s1. The van der Waals surface area contributed by atoms with E-state index in [1.54, 1.807) is 36.0 Å². The molecule has 3 amide bonds. The highest BCUT2D eigenvalue weighted by molar-refractivity contribution is 7.98. The number of nitrogens with one attached hydrogen (secondary N) is 3. The molecule has 0 aliphatic rings. The summed E-state index contributed by atoms with van der Waals surface area (Å²) in [7, 11) is 1.30. The molecule has 0 spiro atoms. The van der Waals surface area contributed by atoms with E-state index in [2.05, 4.69) is 22.9 Å². The molecule has 0 unspecified atom stereocenters. The van der Waals surface area contributed by atoms with Gasteiger partial charge in [0.1, 0.15) is 6.04 Å². The Hall–Kier alpha value is -2.55. The van der Waals surface area contributed by atoms with Crippen molar-refractivity contribution in [3.63, 3.8) is 0 Å². The van der Waals surface area contributed by atoms with Gasteiger partial charge in [0.15, 0.2) is 0 Å². The van der Waals surface area contributed by atoms with E-state index in [1.165, 1.54) is 84.2 Å². The maximum Gasteiger partial charge on any atom is 0.328 e. The molecule has 43 heavy (non-hydrogen) atoms. The predicted molar refractivity (Wildman–Crippen MR) is 179 cm³/mol. The molecule has 8 nitrogen and oxygen atoms in total. The Labute approximate surface area is 264 Å². The molecule has 3 N–H and O–H groups in total. The molecule has 0 aliphatic heterocycles. The fourth-order valence-electron chi connectivity index (χ4n) is 4.84. The first-order valence-corrected chi connectivity index (χ1v) is 17.8. The summed E-state index contributed by atoms with van der Waals surface area (Å²) in [5.41, 5.74) is 0.947. The Morgan fingerprint density at radius 3 is 1.81 bits per heavy atom. The monoisotopic (exact) mass is 619 g/mol. The fourth-order valence-corrected chi connectivity index (χ4v) is 5.31. The topological polar surface area (TPSA) is 114 Å². The molecule has 1 aromatic carbocycles. The molecule has 244 valence electrons. The summed E-state index contributed by atoms with van der Waals surface area (Å²) >= 11 is 1.58. The van der Waals surface area contributed by atoms with Crippen LogP contribution in [0.2, 0.25) is 0 Å². The van der Waals surface area contributed by atoms with Crippen molar-refractivity contribution in [3.05, 3.63) is 29.8 Å². The van der Waals surface area contributed by atoms with E-state index in [0.29, 0.717) is 42.8 Å². The largest absolute Gasteiger partial charge is 0.467 e. The van der Waals surface area contributed by atoms with Crippen LogP contribution >= 0.6 is 11.8 Å². The number of esters is 1. The highest BCUT2D eigenvalue weighted by Gasteiger charge is 2.21. The summed E-state index contributed by atoms with van der Waals surface area (Å²) in [5, 5.41) is 8.47. The molecule has 9 heteroatoms. The number of carbonyl (C=O) groups excluding carboxylic acids is 4. The van der Waals surface area contributed by atoms with Gasteiger partial charge in [-0.1, -0.05) is 90.4 Å². The number of ether oxygens (including phenoxy) is 1. The molecule has 0 bridgehead atoms. The van der Waals surface area contributed by atoms with Crippen molar-refractivity contribution in [1.29, 1.82) is 0 Å². The van der Waals surface area contributed by atoms with Crippen molar-refractivity contribution in [2.24, 2.45) is 0 Å². The minimum absolute atomic E-state index is 0.0133. The molecular formula is C34H57N3O5S. The normalized spacial score (nSPS) is 11.5. The lowest BCUT2D eigenvalue weighted by molar-refractivity contribution is -0.143. The first-order chi connectivity index (χ1) is 20.9. The van der Waals surface area contributed by atoms with E-state index >= 15 is 0 Å². The number of anilines is 1. The van der Waals surface area contributed by atoms with Crippen molar-refractivity contribution in [1.82, 2.24) is 10.6 Å². The number of rotatable bonds is 26. The highest BCUT2D eigenvalue weighted by Crippen LogP contribution is 2.14. The molecule has 1 rings (SSSR count). The van der Waals surface area contributed by atoms with Crippen LogP contribution in [-0.2, 0) is 19.1 Å². The summed E-state index contributed by atoms with van der Waals surface area (Å²) in [6.45, 7) is 2.96.